The standard InChI is InChI=1S/C15H23NO2S.C2H6/c1-4-5-6-7-8-14(17)12-9-10-15(18-2)13(11-12)16-19-3;1-2/h9-11,16H,4-8H2,1-3H3;1-2H3. The number of unbranched alkanes of at least 4 members (excludes halogenated alkanes) is 3. The van der Waals surface area contributed by atoms with Crippen LogP contribution in [0, 0.1) is 0 Å². The van der Waals surface area contributed by atoms with E-state index in [1.54, 1.807) is 7.11 Å². The highest BCUT2D eigenvalue weighted by molar-refractivity contribution is 7.99. The summed E-state index contributed by atoms with van der Waals surface area (Å²) in [4.78, 5) is 12.1. The molecule has 0 amide bonds. The van der Waals surface area contributed by atoms with Crippen molar-refractivity contribution in [3.05, 3.63) is 23.8 Å². The number of carbonyl (C=O) groups is 1. The highest BCUT2D eigenvalue weighted by atomic mass is 32.2. The second-order valence-corrected chi connectivity index (χ2v) is 5.07. The van der Waals surface area contributed by atoms with Crippen molar-refractivity contribution in [3.8, 4) is 5.75 Å². The fourth-order valence-electron chi connectivity index (χ4n) is 1.93. The van der Waals surface area contributed by atoms with Gasteiger partial charge in [0.1, 0.15) is 5.75 Å². The van der Waals surface area contributed by atoms with E-state index in [2.05, 4.69) is 11.6 Å². The van der Waals surface area contributed by atoms with Crippen LogP contribution in [-0.2, 0) is 0 Å². The fraction of sp³-hybridized carbons (Fsp3) is 0.588. The van der Waals surface area contributed by atoms with Crippen LogP contribution in [0.2, 0.25) is 0 Å². The van der Waals surface area contributed by atoms with E-state index in [4.69, 9.17) is 4.74 Å². The third-order valence-electron chi connectivity index (χ3n) is 2.99. The summed E-state index contributed by atoms with van der Waals surface area (Å²) in [7, 11) is 1.63. The van der Waals surface area contributed by atoms with Crippen molar-refractivity contribution >= 4 is 23.4 Å². The first kappa shape index (κ1) is 19.8. The number of ketones is 1. The minimum Gasteiger partial charge on any atom is -0.495 e. The molecule has 0 bridgehead atoms. The average Bonchev–Trinajstić information content (AvgIpc) is 2.53. The van der Waals surface area contributed by atoms with E-state index in [9.17, 15) is 4.79 Å². The number of rotatable bonds is 9. The van der Waals surface area contributed by atoms with E-state index >= 15 is 0 Å². The van der Waals surface area contributed by atoms with E-state index in [1.165, 1.54) is 24.8 Å². The Balaban J connectivity index is 0.00000191. The summed E-state index contributed by atoms with van der Waals surface area (Å²) in [5.74, 6) is 0.972. The van der Waals surface area contributed by atoms with Gasteiger partial charge < -0.3 is 9.46 Å². The van der Waals surface area contributed by atoms with Crippen molar-refractivity contribution in [2.75, 3.05) is 18.1 Å². The molecule has 1 aromatic rings. The molecule has 21 heavy (non-hydrogen) atoms. The molecule has 0 fully saturated rings. The zero-order valence-corrected chi connectivity index (χ0v) is 14.8. The molecule has 120 valence electrons. The van der Waals surface area contributed by atoms with Crippen molar-refractivity contribution < 1.29 is 9.53 Å². The fourth-order valence-corrected chi connectivity index (χ4v) is 2.31. The summed E-state index contributed by atoms with van der Waals surface area (Å²) < 4.78 is 8.40. The molecule has 0 aliphatic rings. The molecule has 0 aliphatic carbocycles. The van der Waals surface area contributed by atoms with Crippen LogP contribution in [0.3, 0.4) is 0 Å². The largest absolute Gasteiger partial charge is 0.495 e. The van der Waals surface area contributed by atoms with Crippen LogP contribution in [0.5, 0.6) is 5.75 Å². The molecular weight excluding hydrogens is 282 g/mol. The lowest BCUT2D eigenvalue weighted by molar-refractivity contribution is 0.0979. The van der Waals surface area contributed by atoms with Crippen molar-refractivity contribution in [2.24, 2.45) is 0 Å². The second kappa shape index (κ2) is 12.6. The van der Waals surface area contributed by atoms with Crippen molar-refractivity contribution in [3.63, 3.8) is 0 Å². The Labute approximate surface area is 134 Å². The smallest absolute Gasteiger partial charge is 0.162 e. The Bertz CT molecular complexity index is 408. The Hall–Kier alpha value is -1.16. The van der Waals surface area contributed by atoms with Crippen LogP contribution in [0.1, 0.15) is 63.2 Å². The molecule has 1 rings (SSSR count). The number of hydrogen-bond acceptors (Lipinski definition) is 4. The topological polar surface area (TPSA) is 38.3 Å². The number of hydrogen-bond donors (Lipinski definition) is 1. The number of anilines is 1. The molecule has 3 nitrogen and oxygen atoms in total. The van der Waals surface area contributed by atoms with Gasteiger partial charge in [-0.05, 0) is 24.6 Å². The van der Waals surface area contributed by atoms with Crippen LogP contribution in [-0.4, -0.2) is 19.1 Å². The van der Waals surface area contributed by atoms with Crippen LogP contribution in [0.4, 0.5) is 5.69 Å². The number of ether oxygens (including phenoxy) is 1. The SMILES string of the molecule is CC.CCCCCCC(=O)c1ccc(OC)c(NSC)c1. The highest BCUT2D eigenvalue weighted by Gasteiger charge is 2.09. The molecule has 1 N–H and O–H groups in total. The molecule has 0 heterocycles. The average molecular weight is 311 g/mol. The molecule has 0 aromatic heterocycles. The molecule has 0 radical (unpaired) electrons. The van der Waals surface area contributed by atoms with Gasteiger partial charge in [0.25, 0.3) is 0 Å². The quantitative estimate of drug-likeness (QED) is 0.368. The second-order valence-electron chi connectivity index (χ2n) is 4.46. The monoisotopic (exact) mass is 311 g/mol. The van der Waals surface area contributed by atoms with Gasteiger partial charge in [-0.25, -0.2) is 0 Å². The molecule has 0 aliphatic heterocycles. The molecule has 1 aromatic carbocycles. The minimum atomic E-state index is 0.211. The summed E-state index contributed by atoms with van der Waals surface area (Å²) in [5.41, 5.74) is 1.61. The predicted molar refractivity (Wildman–Crippen MR) is 94.6 cm³/mol. The first-order valence-electron chi connectivity index (χ1n) is 7.73. The molecule has 0 unspecified atom stereocenters. The Morgan fingerprint density at radius 3 is 2.52 bits per heavy atom. The van der Waals surface area contributed by atoms with E-state index in [1.807, 2.05) is 38.3 Å². The van der Waals surface area contributed by atoms with E-state index in [0.29, 0.717) is 6.42 Å². The lowest BCUT2D eigenvalue weighted by Gasteiger charge is -2.10. The summed E-state index contributed by atoms with van der Waals surface area (Å²) in [5, 5.41) is 0. The summed E-state index contributed by atoms with van der Waals surface area (Å²) in [6.07, 6.45) is 7.08. The van der Waals surface area contributed by atoms with Crippen LogP contribution in [0.15, 0.2) is 18.2 Å². The molecule has 4 heteroatoms. The maximum absolute atomic E-state index is 12.1. The lowest BCUT2D eigenvalue weighted by atomic mass is 10.0. The summed E-state index contributed by atoms with van der Waals surface area (Å²) in [6, 6.07) is 5.56. The van der Waals surface area contributed by atoms with E-state index in [-0.39, 0.29) is 5.78 Å². The molecular formula is C17H29NO2S. The lowest BCUT2D eigenvalue weighted by Crippen LogP contribution is -2.01. The van der Waals surface area contributed by atoms with Crippen LogP contribution >= 0.6 is 11.9 Å². The Morgan fingerprint density at radius 2 is 1.95 bits per heavy atom. The van der Waals surface area contributed by atoms with Crippen LogP contribution in [0.25, 0.3) is 0 Å². The number of Topliss-reactive ketones (excluding diaryl/α,β-unsaturated/α-hetero) is 1. The maximum Gasteiger partial charge on any atom is 0.162 e. The van der Waals surface area contributed by atoms with Crippen molar-refractivity contribution in [1.29, 1.82) is 0 Å². The van der Waals surface area contributed by atoms with Crippen molar-refractivity contribution in [2.45, 2.75) is 52.9 Å². The Kier molecular flexibility index (Phi) is 11.9. The van der Waals surface area contributed by atoms with Crippen molar-refractivity contribution in [1.82, 2.24) is 0 Å². The first-order chi connectivity index (χ1) is 10.2. The van der Waals surface area contributed by atoms with Gasteiger partial charge >= 0.3 is 0 Å². The Morgan fingerprint density at radius 1 is 1.24 bits per heavy atom. The number of methoxy groups -OCH3 is 1. The van der Waals surface area contributed by atoms with E-state index < -0.39 is 0 Å². The van der Waals surface area contributed by atoms with Gasteiger partial charge in [-0.15, -0.1) is 0 Å². The molecule has 0 spiro atoms. The minimum absolute atomic E-state index is 0.211. The third kappa shape index (κ3) is 7.42. The van der Waals surface area contributed by atoms with Gasteiger partial charge in [0.2, 0.25) is 0 Å². The zero-order chi connectivity index (χ0) is 16.1. The van der Waals surface area contributed by atoms with Gasteiger partial charge in [0.05, 0.1) is 12.8 Å². The summed E-state index contributed by atoms with van der Waals surface area (Å²) in [6.45, 7) is 6.17. The van der Waals surface area contributed by atoms with Gasteiger partial charge in [-0.1, -0.05) is 52.0 Å². The third-order valence-corrected chi connectivity index (χ3v) is 3.41. The molecule has 0 saturated carbocycles. The first-order valence-corrected chi connectivity index (χ1v) is 8.95. The van der Waals surface area contributed by atoms with Gasteiger partial charge in [0.15, 0.2) is 5.78 Å². The maximum atomic E-state index is 12.1. The van der Waals surface area contributed by atoms with Gasteiger partial charge in [0, 0.05) is 18.2 Å². The van der Waals surface area contributed by atoms with Gasteiger partial charge in [-0.3, -0.25) is 4.79 Å². The highest BCUT2D eigenvalue weighted by Crippen LogP contribution is 2.28. The normalized spacial score (nSPS) is 9.57. The van der Waals surface area contributed by atoms with E-state index in [0.717, 1.165) is 29.8 Å². The zero-order valence-electron chi connectivity index (χ0n) is 14.0. The summed E-state index contributed by atoms with van der Waals surface area (Å²) >= 11 is 1.49. The van der Waals surface area contributed by atoms with Crippen LogP contribution < -0.4 is 9.46 Å². The number of benzene rings is 1. The number of nitrogens with one attached hydrogen (secondary N) is 1. The number of carbonyl (C=O) groups excluding carboxylic acids is 1. The molecule has 0 atom stereocenters. The predicted octanol–water partition coefficient (Wildman–Crippen LogP) is 5.56. The van der Waals surface area contributed by atoms with Gasteiger partial charge in [-0.2, -0.15) is 0 Å². The molecule has 0 saturated heterocycles.